The van der Waals surface area contributed by atoms with Crippen molar-refractivity contribution in [1.82, 2.24) is 9.97 Å². The van der Waals surface area contributed by atoms with E-state index in [1.165, 1.54) is 23.5 Å². The number of H-pyrrole nitrogens is 1. The van der Waals surface area contributed by atoms with Gasteiger partial charge in [0.1, 0.15) is 0 Å². The number of fused-ring (bicyclic) bond motifs is 1. The number of nitrogens with zero attached hydrogens (tertiary/aromatic N) is 2. The van der Waals surface area contributed by atoms with Crippen molar-refractivity contribution >= 4 is 49.3 Å². The lowest BCUT2D eigenvalue weighted by Gasteiger charge is -2.05. The van der Waals surface area contributed by atoms with Crippen LogP contribution < -0.4 is 4.72 Å². The van der Waals surface area contributed by atoms with Crippen molar-refractivity contribution < 1.29 is 8.42 Å². The number of aromatic amines is 1. The lowest BCUT2D eigenvalue weighted by molar-refractivity contribution is 0.601. The van der Waals surface area contributed by atoms with Crippen LogP contribution in [-0.4, -0.2) is 24.6 Å². The quantitative estimate of drug-likeness (QED) is 0.508. The van der Waals surface area contributed by atoms with E-state index in [1.807, 2.05) is 30.5 Å². The Hall–Kier alpha value is -2.97. The molecule has 0 fully saturated rings. The normalized spacial score (nSPS) is 12.0. The zero-order chi connectivity index (χ0) is 18.0. The van der Waals surface area contributed by atoms with E-state index in [-0.39, 0.29) is 4.90 Å². The highest BCUT2D eigenvalue weighted by molar-refractivity contribution is 7.93. The van der Waals surface area contributed by atoms with Crippen LogP contribution in [0.1, 0.15) is 5.56 Å². The van der Waals surface area contributed by atoms with Crippen LogP contribution in [0.5, 0.6) is 0 Å². The Morgan fingerprint density at radius 2 is 1.92 bits per heavy atom. The fourth-order valence-electron chi connectivity index (χ4n) is 2.50. The fraction of sp³-hybridized carbons (Fsp3) is 0. The molecule has 2 aromatic carbocycles. The molecule has 2 heterocycles. The number of hydrogen-bond acceptors (Lipinski definition) is 5. The number of benzene rings is 2. The molecule has 0 amide bonds. The van der Waals surface area contributed by atoms with Gasteiger partial charge in [0.2, 0.25) is 0 Å². The standard InChI is InChI=1S/C18H14N4O2S2/c23-26(24,22-18-19-9-10-25-18)15-7-5-14(6-8-15)20-11-13-12-21-17-4-2-1-3-16(13)17/h1-12,21H,(H,19,22). The van der Waals surface area contributed by atoms with Crippen molar-refractivity contribution in [3.8, 4) is 0 Å². The van der Waals surface area contributed by atoms with Crippen LogP contribution in [0.3, 0.4) is 0 Å². The predicted octanol–water partition coefficient (Wildman–Crippen LogP) is 4.18. The maximum absolute atomic E-state index is 12.3. The minimum Gasteiger partial charge on any atom is -0.361 e. The third kappa shape index (κ3) is 3.37. The van der Waals surface area contributed by atoms with E-state index in [0.29, 0.717) is 10.8 Å². The largest absolute Gasteiger partial charge is 0.361 e. The monoisotopic (exact) mass is 382 g/mol. The van der Waals surface area contributed by atoms with Crippen LogP contribution in [0.15, 0.2) is 76.2 Å². The van der Waals surface area contributed by atoms with E-state index in [4.69, 9.17) is 0 Å². The average molecular weight is 382 g/mol. The maximum Gasteiger partial charge on any atom is 0.263 e. The molecule has 2 N–H and O–H groups in total. The Morgan fingerprint density at radius 3 is 2.69 bits per heavy atom. The predicted molar refractivity (Wildman–Crippen MR) is 105 cm³/mol. The summed E-state index contributed by atoms with van der Waals surface area (Å²) in [7, 11) is -3.65. The molecule has 0 spiro atoms. The third-order valence-corrected chi connectivity index (χ3v) is 5.95. The summed E-state index contributed by atoms with van der Waals surface area (Å²) in [6.45, 7) is 0. The molecule has 6 nitrogen and oxygen atoms in total. The highest BCUT2D eigenvalue weighted by Crippen LogP contribution is 2.21. The number of aliphatic imine (C=N–C) groups is 1. The van der Waals surface area contributed by atoms with E-state index in [9.17, 15) is 8.42 Å². The Balaban J connectivity index is 1.54. The molecule has 8 heteroatoms. The third-order valence-electron chi connectivity index (χ3n) is 3.77. The van der Waals surface area contributed by atoms with Gasteiger partial charge in [-0.1, -0.05) is 18.2 Å². The van der Waals surface area contributed by atoms with E-state index >= 15 is 0 Å². The number of thiazole rings is 1. The van der Waals surface area contributed by atoms with Gasteiger partial charge >= 0.3 is 0 Å². The van der Waals surface area contributed by atoms with Gasteiger partial charge in [0, 0.05) is 40.5 Å². The summed E-state index contributed by atoms with van der Waals surface area (Å²) < 4.78 is 27.1. The van der Waals surface area contributed by atoms with Crippen molar-refractivity contribution in [1.29, 1.82) is 0 Å². The summed E-state index contributed by atoms with van der Waals surface area (Å²) in [5.74, 6) is 0. The molecule has 2 aromatic heterocycles. The second kappa shape index (κ2) is 6.74. The van der Waals surface area contributed by atoms with Crippen LogP contribution in [0, 0.1) is 0 Å². The van der Waals surface area contributed by atoms with E-state index in [1.54, 1.807) is 29.9 Å². The first-order valence-corrected chi connectivity index (χ1v) is 10.1. The number of rotatable bonds is 5. The topological polar surface area (TPSA) is 87.2 Å². The van der Waals surface area contributed by atoms with Crippen molar-refractivity contribution in [2.75, 3.05) is 4.72 Å². The highest BCUT2D eigenvalue weighted by atomic mass is 32.2. The molecule has 0 aliphatic rings. The van der Waals surface area contributed by atoms with Crippen LogP contribution in [0.2, 0.25) is 0 Å². The summed E-state index contributed by atoms with van der Waals surface area (Å²) in [6.07, 6.45) is 5.20. The van der Waals surface area contributed by atoms with E-state index < -0.39 is 10.0 Å². The lowest BCUT2D eigenvalue weighted by atomic mass is 10.2. The summed E-state index contributed by atoms with van der Waals surface area (Å²) in [5.41, 5.74) is 2.69. The molecule has 4 aromatic rings. The second-order valence-corrected chi connectivity index (χ2v) is 8.06. The highest BCUT2D eigenvalue weighted by Gasteiger charge is 2.15. The van der Waals surface area contributed by atoms with Crippen molar-refractivity contribution in [3.05, 3.63) is 71.9 Å². The molecular formula is C18H14N4O2S2. The van der Waals surface area contributed by atoms with Gasteiger partial charge in [-0.25, -0.2) is 13.4 Å². The molecule has 26 heavy (non-hydrogen) atoms. The van der Waals surface area contributed by atoms with Crippen molar-refractivity contribution in [2.24, 2.45) is 4.99 Å². The van der Waals surface area contributed by atoms with Gasteiger partial charge in [-0.05, 0) is 30.3 Å². The van der Waals surface area contributed by atoms with Gasteiger partial charge < -0.3 is 4.98 Å². The van der Waals surface area contributed by atoms with Crippen LogP contribution in [-0.2, 0) is 10.0 Å². The minimum absolute atomic E-state index is 0.166. The Kier molecular flexibility index (Phi) is 4.27. The first-order valence-electron chi connectivity index (χ1n) is 7.74. The van der Waals surface area contributed by atoms with Gasteiger partial charge in [0.15, 0.2) is 5.13 Å². The van der Waals surface area contributed by atoms with Gasteiger partial charge in [0.05, 0.1) is 10.6 Å². The molecular weight excluding hydrogens is 368 g/mol. The maximum atomic E-state index is 12.3. The number of hydrogen-bond donors (Lipinski definition) is 2. The Morgan fingerprint density at radius 1 is 1.12 bits per heavy atom. The molecule has 0 radical (unpaired) electrons. The smallest absolute Gasteiger partial charge is 0.263 e. The van der Waals surface area contributed by atoms with E-state index in [0.717, 1.165) is 16.5 Å². The van der Waals surface area contributed by atoms with Gasteiger partial charge in [0.25, 0.3) is 10.0 Å². The second-order valence-electron chi connectivity index (χ2n) is 5.48. The number of aromatic nitrogens is 2. The number of sulfonamides is 1. The lowest BCUT2D eigenvalue weighted by Crippen LogP contribution is -2.12. The summed E-state index contributed by atoms with van der Waals surface area (Å²) in [6, 6.07) is 14.4. The number of anilines is 1. The number of para-hydroxylation sites is 1. The van der Waals surface area contributed by atoms with E-state index in [2.05, 4.69) is 19.7 Å². The first-order chi connectivity index (χ1) is 12.6. The van der Waals surface area contributed by atoms with Crippen molar-refractivity contribution in [3.63, 3.8) is 0 Å². The summed E-state index contributed by atoms with van der Waals surface area (Å²) in [5, 5.41) is 3.13. The summed E-state index contributed by atoms with van der Waals surface area (Å²) >= 11 is 1.23. The Bertz CT molecular complexity index is 1160. The fourth-order valence-corrected chi connectivity index (χ4v) is 4.29. The molecule has 0 bridgehead atoms. The summed E-state index contributed by atoms with van der Waals surface area (Å²) in [4.78, 5) is 11.7. The molecule has 0 aliphatic heterocycles. The SMILES string of the molecule is O=S(=O)(Nc1nccs1)c1ccc(N=Cc2c[nH]c3ccccc23)cc1. The molecule has 0 saturated heterocycles. The first kappa shape index (κ1) is 16.5. The van der Waals surface area contributed by atoms with Gasteiger partial charge in [-0.3, -0.25) is 9.71 Å². The van der Waals surface area contributed by atoms with Crippen LogP contribution >= 0.6 is 11.3 Å². The van der Waals surface area contributed by atoms with Crippen LogP contribution in [0.25, 0.3) is 10.9 Å². The average Bonchev–Trinajstić information content (AvgIpc) is 3.30. The van der Waals surface area contributed by atoms with Gasteiger partial charge in [-0.15, -0.1) is 11.3 Å². The molecule has 0 atom stereocenters. The van der Waals surface area contributed by atoms with Crippen LogP contribution in [0.4, 0.5) is 10.8 Å². The molecule has 0 unspecified atom stereocenters. The van der Waals surface area contributed by atoms with Gasteiger partial charge in [-0.2, -0.15) is 0 Å². The Labute approximate surface area is 154 Å². The zero-order valence-corrected chi connectivity index (χ0v) is 15.1. The molecule has 130 valence electrons. The number of nitrogens with one attached hydrogen (secondary N) is 2. The molecule has 0 saturated carbocycles. The molecule has 0 aliphatic carbocycles. The minimum atomic E-state index is -3.65. The molecule has 4 rings (SSSR count). The van der Waals surface area contributed by atoms with Crippen molar-refractivity contribution in [2.45, 2.75) is 4.90 Å². The zero-order valence-electron chi connectivity index (χ0n) is 13.5.